The molecule has 34 heavy (non-hydrogen) atoms. The highest BCUT2D eigenvalue weighted by molar-refractivity contribution is 7.95. The number of benzene rings is 3. The molecule has 0 saturated carbocycles. The van der Waals surface area contributed by atoms with E-state index in [9.17, 15) is 5.11 Å². The normalized spacial score (nSPS) is 12.9. The van der Waals surface area contributed by atoms with Gasteiger partial charge in [0.05, 0.1) is 13.2 Å². The van der Waals surface area contributed by atoms with Gasteiger partial charge in [0.2, 0.25) is 0 Å². The first-order valence-corrected chi connectivity index (χ1v) is 14.1. The Bertz CT molecular complexity index is 942. The highest BCUT2D eigenvalue weighted by Gasteiger charge is 2.46. The Hall–Kier alpha value is -2.51. The maximum atomic E-state index is 11.2. The predicted molar refractivity (Wildman–Crippen MR) is 149 cm³/mol. The van der Waals surface area contributed by atoms with Crippen LogP contribution in [0, 0.1) is 0 Å². The average molecular weight is 474 g/mol. The largest absolute Gasteiger partial charge is 0.387 e. The summed E-state index contributed by atoms with van der Waals surface area (Å²) in [6.45, 7) is 7.27. The van der Waals surface area contributed by atoms with Gasteiger partial charge in [0, 0.05) is 0 Å². The molecule has 3 aromatic rings. The molecule has 0 spiro atoms. The van der Waals surface area contributed by atoms with Crippen molar-refractivity contribution >= 4 is 23.2 Å². The van der Waals surface area contributed by atoms with E-state index in [0.717, 1.165) is 12.8 Å². The number of hydrogen-bond donors (Lipinski definition) is 1. The molecule has 178 valence electrons. The minimum absolute atomic E-state index is 0.325. The van der Waals surface area contributed by atoms with Gasteiger partial charge in [-0.1, -0.05) is 77.9 Å². The summed E-state index contributed by atoms with van der Waals surface area (Å²) in [7, 11) is -2.05. The number of rotatable bonds is 12. The van der Waals surface area contributed by atoms with E-state index in [0.29, 0.717) is 19.4 Å². The summed E-state index contributed by atoms with van der Waals surface area (Å²) in [4.78, 5) is 0. The van der Waals surface area contributed by atoms with Gasteiger partial charge in [-0.05, 0) is 70.0 Å². The molecule has 3 rings (SSSR count). The van der Waals surface area contributed by atoms with Crippen molar-refractivity contribution in [2.24, 2.45) is 0 Å². The van der Waals surface area contributed by atoms with Gasteiger partial charge in [0.25, 0.3) is 0 Å². The van der Waals surface area contributed by atoms with E-state index < -0.39 is 13.4 Å². The summed E-state index contributed by atoms with van der Waals surface area (Å²) >= 11 is 0. The van der Waals surface area contributed by atoms with Crippen LogP contribution in [-0.4, -0.2) is 30.6 Å². The molecular weight excluding hydrogens is 435 g/mol. The van der Waals surface area contributed by atoms with Crippen molar-refractivity contribution in [2.75, 3.05) is 19.4 Å². The van der Waals surface area contributed by atoms with Crippen molar-refractivity contribution in [3.63, 3.8) is 0 Å². The van der Waals surface area contributed by atoms with Gasteiger partial charge in [-0.15, -0.1) is 0 Å². The van der Waals surface area contributed by atoms with Crippen molar-refractivity contribution in [3.8, 4) is 0 Å². The lowest BCUT2D eigenvalue weighted by molar-refractivity contribution is 0.0616. The van der Waals surface area contributed by atoms with E-state index in [1.165, 1.54) is 27.1 Å². The highest BCUT2D eigenvalue weighted by Crippen LogP contribution is 2.55. The van der Waals surface area contributed by atoms with Crippen molar-refractivity contribution in [3.05, 3.63) is 114 Å². The molecule has 0 radical (unpaired) electrons. The average Bonchev–Trinajstić information content (AvgIpc) is 2.86. The molecule has 0 heterocycles. The van der Waals surface area contributed by atoms with Gasteiger partial charge in [0.15, 0.2) is 0 Å². The quantitative estimate of drug-likeness (QED) is 0.197. The number of hydrogen-bond acceptors (Lipinski definition) is 2. The topological polar surface area (TPSA) is 29.5 Å². The fourth-order valence-corrected chi connectivity index (χ4v) is 8.58. The zero-order valence-electron chi connectivity index (χ0n) is 20.7. The van der Waals surface area contributed by atoms with Crippen molar-refractivity contribution < 1.29 is 9.84 Å². The lowest BCUT2D eigenvalue weighted by atomic mass is 10.1. The summed E-state index contributed by atoms with van der Waals surface area (Å²) < 4.78 is 5.92. The molecule has 0 aliphatic heterocycles. The Morgan fingerprint density at radius 3 is 1.68 bits per heavy atom. The Morgan fingerprint density at radius 2 is 1.24 bits per heavy atom. The van der Waals surface area contributed by atoms with Gasteiger partial charge in [-0.2, -0.15) is 0 Å². The Labute approximate surface area is 206 Å². The van der Waals surface area contributed by atoms with Gasteiger partial charge >= 0.3 is 0 Å². The van der Waals surface area contributed by atoms with Crippen LogP contribution in [0.1, 0.15) is 33.6 Å². The third kappa shape index (κ3) is 7.24. The number of allylic oxidation sites excluding steroid dienone is 3. The molecule has 3 heteroatoms. The first-order valence-electron chi connectivity index (χ1n) is 12.1. The highest BCUT2D eigenvalue weighted by atomic mass is 31.2. The van der Waals surface area contributed by atoms with Gasteiger partial charge in [-0.25, -0.2) is 0 Å². The van der Waals surface area contributed by atoms with E-state index in [2.05, 4.69) is 124 Å². The van der Waals surface area contributed by atoms with Crippen LogP contribution in [0.3, 0.4) is 0 Å². The molecule has 1 unspecified atom stereocenters. The van der Waals surface area contributed by atoms with Crippen LogP contribution >= 0.6 is 7.26 Å². The van der Waals surface area contributed by atoms with Crippen LogP contribution in [-0.2, 0) is 4.74 Å². The maximum Gasteiger partial charge on any atom is 0.114 e. The second-order valence-corrected chi connectivity index (χ2v) is 12.6. The summed E-state index contributed by atoms with van der Waals surface area (Å²) in [6.07, 6.45) is 6.59. The standard InChI is InChI=1S/C31H38O2P/c1-26(2)14-13-15-27(3)22-23-33-24-28(32)25-34(29-16-7-4-8-17-29,30-18-9-5-10-19-30)31-20-11-6-12-21-31/h4-12,14,16-22,28,32H,13,15,23-25H2,1-3H3/q+1/b27-22+. The minimum Gasteiger partial charge on any atom is -0.387 e. The molecule has 2 nitrogen and oxygen atoms in total. The molecule has 3 aromatic carbocycles. The van der Waals surface area contributed by atoms with E-state index in [4.69, 9.17) is 4.74 Å². The van der Waals surface area contributed by atoms with E-state index in [1.807, 2.05) is 0 Å². The van der Waals surface area contributed by atoms with Gasteiger partial charge in [-0.3, -0.25) is 0 Å². The molecule has 0 amide bonds. The maximum absolute atomic E-state index is 11.2. The van der Waals surface area contributed by atoms with Crippen molar-refractivity contribution in [1.29, 1.82) is 0 Å². The van der Waals surface area contributed by atoms with Crippen LogP contribution in [0.15, 0.2) is 114 Å². The van der Waals surface area contributed by atoms with Crippen LogP contribution in [0.5, 0.6) is 0 Å². The van der Waals surface area contributed by atoms with Crippen molar-refractivity contribution in [1.82, 2.24) is 0 Å². The Morgan fingerprint density at radius 1 is 0.765 bits per heavy atom. The summed E-state index contributed by atoms with van der Waals surface area (Å²) in [5.74, 6) is 0. The summed E-state index contributed by atoms with van der Waals surface area (Å²) in [5, 5.41) is 15.0. The van der Waals surface area contributed by atoms with E-state index in [-0.39, 0.29) is 0 Å². The van der Waals surface area contributed by atoms with Crippen LogP contribution in [0.4, 0.5) is 0 Å². The van der Waals surface area contributed by atoms with E-state index >= 15 is 0 Å². The summed E-state index contributed by atoms with van der Waals surface area (Å²) in [6, 6.07) is 32.0. The van der Waals surface area contributed by atoms with Gasteiger partial charge in [0.1, 0.15) is 35.4 Å². The van der Waals surface area contributed by atoms with E-state index in [1.54, 1.807) is 0 Å². The fourth-order valence-electron chi connectivity index (χ4n) is 4.28. The zero-order valence-corrected chi connectivity index (χ0v) is 21.6. The van der Waals surface area contributed by atoms with Crippen molar-refractivity contribution in [2.45, 2.75) is 39.7 Å². The number of aliphatic hydroxyl groups excluding tert-OH is 1. The summed E-state index contributed by atoms with van der Waals surface area (Å²) in [5.41, 5.74) is 2.68. The smallest absolute Gasteiger partial charge is 0.114 e. The third-order valence-electron chi connectivity index (χ3n) is 6.03. The third-order valence-corrected chi connectivity index (χ3v) is 10.5. The molecule has 1 atom stereocenters. The molecule has 0 aromatic heterocycles. The molecule has 0 saturated heterocycles. The lowest BCUT2D eigenvalue weighted by Crippen LogP contribution is -2.38. The molecule has 0 bridgehead atoms. The first-order chi connectivity index (χ1) is 16.5. The molecule has 1 N–H and O–H groups in total. The minimum atomic E-state index is -2.05. The zero-order chi connectivity index (χ0) is 24.2. The van der Waals surface area contributed by atoms with Crippen LogP contribution in [0.25, 0.3) is 0 Å². The second kappa shape index (κ2) is 13.4. The number of aliphatic hydroxyl groups is 1. The second-order valence-electron chi connectivity index (χ2n) is 9.06. The SMILES string of the molecule is CC(C)=CCC/C(C)=C/COCC(O)C[P+](c1ccccc1)(c1ccccc1)c1ccccc1. The Balaban J connectivity index is 1.79. The first kappa shape index (κ1) is 26.1. The van der Waals surface area contributed by atoms with Gasteiger partial charge < -0.3 is 9.84 Å². The fraction of sp³-hybridized carbons (Fsp3) is 0.290. The monoisotopic (exact) mass is 473 g/mol. The predicted octanol–water partition coefficient (Wildman–Crippen LogP) is 6.05. The lowest BCUT2D eigenvalue weighted by Gasteiger charge is -2.29. The molecule has 0 aliphatic carbocycles. The molecule has 0 fully saturated rings. The van der Waals surface area contributed by atoms with Crippen LogP contribution in [0.2, 0.25) is 0 Å². The Kier molecular flexibility index (Phi) is 10.3. The molecule has 0 aliphatic rings. The van der Waals surface area contributed by atoms with Crippen LogP contribution < -0.4 is 15.9 Å². The number of ether oxygens (including phenoxy) is 1. The molecular formula is C31H38O2P+.